The molecule has 2 heterocycles. The molecule has 0 saturated carbocycles. The lowest BCUT2D eigenvalue weighted by Gasteiger charge is -2.29. The fourth-order valence-corrected chi connectivity index (χ4v) is 3.49. The molecule has 0 radical (unpaired) electrons. The minimum Gasteiger partial charge on any atom is -0.394 e. The Kier molecular flexibility index (Phi) is 8.52. The Labute approximate surface area is 186 Å². The van der Waals surface area contributed by atoms with Gasteiger partial charge in [-0.3, -0.25) is 9.59 Å². The third kappa shape index (κ3) is 5.59. The summed E-state index contributed by atoms with van der Waals surface area (Å²) in [6, 6.07) is 4.92. The lowest BCUT2D eigenvalue weighted by molar-refractivity contribution is -0.140. The average molecular weight is 453 g/mol. The van der Waals surface area contributed by atoms with Crippen molar-refractivity contribution in [2.75, 3.05) is 13.2 Å². The second-order valence-electron chi connectivity index (χ2n) is 7.84. The Morgan fingerprint density at radius 3 is 2.52 bits per heavy atom. The van der Waals surface area contributed by atoms with Gasteiger partial charge in [0.15, 0.2) is 0 Å². The molecule has 0 spiro atoms. The van der Waals surface area contributed by atoms with Gasteiger partial charge in [0.2, 0.25) is 11.8 Å². The maximum Gasteiger partial charge on any atom is 0.243 e. The van der Waals surface area contributed by atoms with Crippen molar-refractivity contribution in [3.05, 3.63) is 42.5 Å². The van der Waals surface area contributed by atoms with Gasteiger partial charge in [-0.25, -0.2) is 9.67 Å². The van der Waals surface area contributed by atoms with E-state index in [1.807, 2.05) is 13.8 Å². The van der Waals surface area contributed by atoms with E-state index in [1.54, 1.807) is 35.3 Å². The van der Waals surface area contributed by atoms with Crippen LogP contribution >= 0.6 is 12.4 Å². The Morgan fingerprint density at radius 2 is 1.97 bits per heavy atom. The highest BCUT2D eigenvalue weighted by molar-refractivity contribution is 5.90. The van der Waals surface area contributed by atoms with Gasteiger partial charge in [0.05, 0.1) is 30.5 Å². The topological polar surface area (TPSA) is 147 Å². The molecule has 31 heavy (non-hydrogen) atoms. The molecule has 5 N–H and O–H groups in total. The number of nitrogens with one attached hydrogen (secondary N) is 1. The van der Waals surface area contributed by atoms with E-state index in [0.29, 0.717) is 5.56 Å². The minimum atomic E-state index is -0.833. The van der Waals surface area contributed by atoms with E-state index in [2.05, 4.69) is 15.4 Å². The summed E-state index contributed by atoms with van der Waals surface area (Å²) in [5.74, 6) is -0.887. The van der Waals surface area contributed by atoms with Crippen molar-refractivity contribution in [2.24, 2.45) is 11.7 Å². The SMILES string of the molecule is CC(C)[C@H](N)C(=O)N1C[C@H](O)C[C@H]1C(=O)N[C@@H](CO)c1ccc(-n2cncn2)cc1.Cl. The molecule has 11 heteroatoms. The van der Waals surface area contributed by atoms with E-state index in [4.69, 9.17) is 5.73 Å². The largest absolute Gasteiger partial charge is 0.394 e. The van der Waals surface area contributed by atoms with E-state index in [9.17, 15) is 19.8 Å². The second kappa shape index (κ2) is 10.7. The Hall–Kier alpha value is -2.53. The maximum atomic E-state index is 12.9. The summed E-state index contributed by atoms with van der Waals surface area (Å²) in [5.41, 5.74) is 7.45. The monoisotopic (exact) mass is 452 g/mol. The highest BCUT2D eigenvalue weighted by Crippen LogP contribution is 2.22. The molecular formula is C20H29ClN6O4. The third-order valence-corrected chi connectivity index (χ3v) is 5.35. The van der Waals surface area contributed by atoms with Gasteiger partial charge in [-0.05, 0) is 23.6 Å². The summed E-state index contributed by atoms with van der Waals surface area (Å²) in [6.45, 7) is 3.40. The zero-order valence-electron chi connectivity index (χ0n) is 17.5. The first kappa shape index (κ1) is 24.7. The van der Waals surface area contributed by atoms with Crippen molar-refractivity contribution in [1.29, 1.82) is 0 Å². The lowest BCUT2D eigenvalue weighted by Crippen LogP contribution is -2.53. The molecule has 10 nitrogen and oxygen atoms in total. The van der Waals surface area contributed by atoms with Gasteiger partial charge in [-0.2, -0.15) is 5.10 Å². The summed E-state index contributed by atoms with van der Waals surface area (Å²) < 4.78 is 1.59. The van der Waals surface area contributed by atoms with Gasteiger partial charge in [-0.15, -0.1) is 12.4 Å². The fraction of sp³-hybridized carbons (Fsp3) is 0.500. The Bertz CT molecular complexity index is 861. The van der Waals surface area contributed by atoms with Crippen LogP contribution < -0.4 is 11.1 Å². The van der Waals surface area contributed by atoms with Crippen LogP contribution in [0.1, 0.15) is 31.9 Å². The van der Waals surface area contributed by atoms with Crippen LogP contribution in [0.15, 0.2) is 36.9 Å². The van der Waals surface area contributed by atoms with Crippen LogP contribution in [0.2, 0.25) is 0 Å². The summed E-state index contributed by atoms with van der Waals surface area (Å²) in [5, 5.41) is 26.7. The van der Waals surface area contributed by atoms with Crippen LogP contribution in [-0.2, 0) is 9.59 Å². The first-order valence-electron chi connectivity index (χ1n) is 9.92. The molecule has 4 atom stereocenters. The Morgan fingerprint density at radius 1 is 1.29 bits per heavy atom. The highest BCUT2D eigenvalue weighted by atomic mass is 35.5. The van der Waals surface area contributed by atoms with Gasteiger partial charge < -0.3 is 26.2 Å². The van der Waals surface area contributed by atoms with Gasteiger partial charge in [0.25, 0.3) is 0 Å². The summed E-state index contributed by atoms with van der Waals surface area (Å²) >= 11 is 0. The number of amides is 2. The number of carbonyl (C=O) groups is 2. The molecule has 0 aliphatic carbocycles. The number of aliphatic hydroxyl groups excluding tert-OH is 2. The quantitative estimate of drug-likeness (QED) is 0.454. The molecule has 3 rings (SSSR count). The molecule has 1 aliphatic heterocycles. The van der Waals surface area contributed by atoms with Crippen molar-refractivity contribution in [3.63, 3.8) is 0 Å². The van der Waals surface area contributed by atoms with Gasteiger partial charge in [-0.1, -0.05) is 26.0 Å². The van der Waals surface area contributed by atoms with Crippen LogP contribution in [0.4, 0.5) is 0 Å². The van der Waals surface area contributed by atoms with Gasteiger partial charge in [0.1, 0.15) is 18.7 Å². The number of nitrogens with two attached hydrogens (primary N) is 1. The van der Waals surface area contributed by atoms with Crippen molar-refractivity contribution in [1.82, 2.24) is 25.0 Å². The number of nitrogens with zero attached hydrogens (tertiary/aromatic N) is 4. The van der Waals surface area contributed by atoms with E-state index in [1.165, 1.54) is 11.2 Å². The normalized spacial score (nSPS) is 20.3. The number of halogens is 1. The van der Waals surface area contributed by atoms with Crippen molar-refractivity contribution >= 4 is 24.2 Å². The lowest BCUT2D eigenvalue weighted by atomic mass is 10.0. The van der Waals surface area contributed by atoms with Gasteiger partial charge in [0, 0.05) is 13.0 Å². The molecule has 170 valence electrons. The first-order chi connectivity index (χ1) is 14.3. The number of rotatable bonds is 7. The van der Waals surface area contributed by atoms with Crippen LogP contribution in [-0.4, -0.2) is 73.0 Å². The standard InChI is InChI=1S/C20H28N6O4.ClH/c1-12(2)18(21)20(30)25-8-15(28)7-17(25)19(29)24-16(9-27)13-3-5-14(6-4-13)26-11-22-10-23-26;/h3-6,10-12,15-18,27-28H,7-9,21H2,1-2H3,(H,24,29);1H/t15-,16+,17+,18+;/m1./s1. The summed E-state index contributed by atoms with van der Waals surface area (Å²) in [4.78, 5) is 30.8. The molecule has 2 amide bonds. The molecule has 1 aromatic heterocycles. The predicted molar refractivity (Wildman–Crippen MR) is 116 cm³/mol. The third-order valence-electron chi connectivity index (χ3n) is 5.35. The average Bonchev–Trinajstić information content (AvgIpc) is 3.40. The van der Waals surface area contributed by atoms with Gasteiger partial charge >= 0.3 is 0 Å². The first-order valence-corrected chi connectivity index (χ1v) is 9.92. The second-order valence-corrected chi connectivity index (χ2v) is 7.84. The zero-order chi connectivity index (χ0) is 21.8. The van der Waals surface area contributed by atoms with Crippen LogP contribution in [0.25, 0.3) is 5.69 Å². The van der Waals surface area contributed by atoms with E-state index < -0.39 is 30.1 Å². The molecule has 0 bridgehead atoms. The van der Waals surface area contributed by atoms with E-state index in [0.717, 1.165) is 5.69 Å². The zero-order valence-corrected chi connectivity index (χ0v) is 18.3. The van der Waals surface area contributed by atoms with Crippen LogP contribution in [0, 0.1) is 5.92 Å². The maximum absolute atomic E-state index is 12.9. The number of benzene rings is 1. The number of hydrogen-bond acceptors (Lipinski definition) is 7. The number of likely N-dealkylation sites (tertiary alicyclic amines) is 1. The summed E-state index contributed by atoms with van der Waals surface area (Å²) in [7, 11) is 0. The number of carbonyl (C=O) groups excluding carboxylic acids is 2. The Balaban J connectivity index is 0.00000341. The van der Waals surface area contributed by atoms with E-state index in [-0.39, 0.29) is 43.8 Å². The number of aliphatic hydroxyl groups is 2. The minimum absolute atomic E-state index is 0. The molecular weight excluding hydrogens is 424 g/mol. The van der Waals surface area contributed by atoms with Crippen molar-refractivity contribution in [2.45, 2.75) is 44.5 Å². The molecule has 2 aromatic rings. The summed E-state index contributed by atoms with van der Waals surface area (Å²) in [6.07, 6.45) is 2.34. The highest BCUT2D eigenvalue weighted by Gasteiger charge is 2.41. The number of aromatic nitrogens is 3. The number of hydrogen-bond donors (Lipinski definition) is 4. The van der Waals surface area contributed by atoms with Crippen LogP contribution in [0.3, 0.4) is 0 Å². The van der Waals surface area contributed by atoms with E-state index >= 15 is 0 Å². The predicted octanol–water partition coefficient (Wildman–Crippen LogP) is -0.216. The molecule has 1 fully saturated rings. The van der Waals surface area contributed by atoms with Crippen LogP contribution in [0.5, 0.6) is 0 Å². The smallest absolute Gasteiger partial charge is 0.243 e. The number of β-amino-alcohol motifs (C(OH)–C–C–N with tert-alkyl or cyclic N) is 1. The molecule has 1 aliphatic rings. The fourth-order valence-electron chi connectivity index (χ4n) is 3.49. The van der Waals surface area contributed by atoms with Crippen molar-refractivity contribution in [3.8, 4) is 5.69 Å². The van der Waals surface area contributed by atoms with Crippen molar-refractivity contribution < 1.29 is 19.8 Å². The molecule has 1 aromatic carbocycles. The molecule has 1 saturated heterocycles. The molecule has 0 unspecified atom stereocenters.